The summed E-state index contributed by atoms with van der Waals surface area (Å²) in [6, 6.07) is 21.9. The smallest absolute Gasteiger partial charge is 0.214 e. The number of thioether (sulfide) groups is 1. The maximum absolute atomic E-state index is 10.3. The normalized spacial score (nSPS) is 12.2. The van der Waals surface area contributed by atoms with E-state index in [1.165, 1.54) is 11.8 Å². The molecule has 6 nitrogen and oxygen atoms in total. The van der Waals surface area contributed by atoms with E-state index < -0.39 is 6.10 Å². The van der Waals surface area contributed by atoms with Crippen LogP contribution in [0.5, 0.6) is 5.75 Å². The number of tetrazole rings is 1. The van der Waals surface area contributed by atoms with Crippen molar-refractivity contribution in [2.24, 2.45) is 0 Å². The number of aromatic nitrogens is 4. The number of aliphatic hydroxyl groups excluding tert-OH is 1. The van der Waals surface area contributed by atoms with Gasteiger partial charge in [-0.1, -0.05) is 60.3 Å². The topological polar surface area (TPSA) is 73.1 Å². The third-order valence-corrected chi connectivity index (χ3v) is 5.42. The maximum atomic E-state index is 10.3. The monoisotopic (exact) mass is 392 g/mol. The number of rotatable bonds is 7. The van der Waals surface area contributed by atoms with Gasteiger partial charge in [-0.05, 0) is 51.9 Å². The number of hydrogen-bond acceptors (Lipinski definition) is 6. The van der Waals surface area contributed by atoms with Crippen LogP contribution in [0.3, 0.4) is 0 Å². The molecule has 1 aromatic heterocycles. The Morgan fingerprint density at radius 1 is 1.04 bits per heavy atom. The zero-order valence-electron chi connectivity index (χ0n) is 15.4. The Morgan fingerprint density at radius 3 is 2.68 bits per heavy atom. The van der Waals surface area contributed by atoms with Crippen molar-refractivity contribution >= 4 is 22.5 Å². The highest BCUT2D eigenvalue weighted by Crippen LogP contribution is 2.23. The third kappa shape index (κ3) is 4.16. The number of hydrogen-bond donors (Lipinski definition) is 1. The van der Waals surface area contributed by atoms with Gasteiger partial charge in [0.1, 0.15) is 12.4 Å². The Bertz CT molecular complexity index is 1080. The van der Waals surface area contributed by atoms with Crippen molar-refractivity contribution in [3.8, 4) is 11.4 Å². The van der Waals surface area contributed by atoms with Gasteiger partial charge in [-0.25, -0.2) is 0 Å². The molecule has 0 aliphatic heterocycles. The van der Waals surface area contributed by atoms with Crippen molar-refractivity contribution in [3.05, 3.63) is 72.3 Å². The molecule has 1 N–H and O–H groups in total. The molecule has 3 aromatic carbocycles. The average Bonchev–Trinajstić information content (AvgIpc) is 3.19. The molecule has 0 amide bonds. The summed E-state index contributed by atoms with van der Waals surface area (Å²) in [5.74, 6) is 1.17. The van der Waals surface area contributed by atoms with E-state index in [-0.39, 0.29) is 6.61 Å². The van der Waals surface area contributed by atoms with Crippen molar-refractivity contribution in [1.82, 2.24) is 20.2 Å². The van der Waals surface area contributed by atoms with Gasteiger partial charge in [-0.3, -0.25) is 0 Å². The molecule has 1 heterocycles. The first kappa shape index (κ1) is 18.5. The zero-order valence-corrected chi connectivity index (χ0v) is 16.2. The van der Waals surface area contributed by atoms with Crippen molar-refractivity contribution < 1.29 is 9.84 Å². The summed E-state index contributed by atoms with van der Waals surface area (Å²) < 4.78 is 7.45. The van der Waals surface area contributed by atoms with Crippen molar-refractivity contribution in [2.75, 3.05) is 12.4 Å². The second kappa shape index (κ2) is 8.41. The van der Waals surface area contributed by atoms with E-state index in [9.17, 15) is 5.11 Å². The van der Waals surface area contributed by atoms with E-state index in [1.807, 2.05) is 67.6 Å². The average molecular weight is 392 g/mol. The molecule has 0 radical (unpaired) electrons. The predicted molar refractivity (Wildman–Crippen MR) is 110 cm³/mol. The first-order valence-electron chi connectivity index (χ1n) is 8.97. The van der Waals surface area contributed by atoms with Crippen LogP contribution >= 0.6 is 11.8 Å². The Kier molecular flexibility index (Phi) is 5.55. The first-order chi connectivity index (χ1) is 13.7. The SMILES string of the molecule is Cc1ccccc1-n1nnnc1SCC(O)COc1ccc2ccccc2c1. The van der Waals surface area contributed by atoms with E-state index in [1.54, 1.807) is 4.68 Å². The second-order valence-corrected chi connectivity index (χ2v) is 7.43. The van der Waals surface area contributed by atoms with E-state index in [0.717, 1.165) is 27.8 Å². The minimum Gasteiger partial charge on any atom is -0.491 e. The molecule has 0 fully saturated rings. The molecular formula is C21H20N4O2S. The molecule has 0 saturated carbocycles. The summed E-state index contributed by atoms with van der Waals surface area (Å²) in [7, 11) is 0. The second-order valence-electron chi connectivity index (χ2n) is 6.44. The summed E-state index contributed by atoms with van der Waals surface area (Å²) >= 11 is 1.40. The van der Waals surface area contributed by atoms with E-state index in [0.29, 0.717) is 10.9 Å². The predicted octanol–water partition coefficient (Wildman–Crippen LogP) is 3.66. The van der Waals surface area contributed by atoms with Gasteiger partial charge in [0.05, 0.1) is 11.8 Å². The van der Waals surface area contributed by atoms with Crippen molar-refractivity contribution in [1.29, 1.82) is 0 Å². The molecular weight excluding hydrogens is 372 g/mol. The molecule has 4 aromatic rings. The van der Waals surface area contributed by atoms with E-state index in [4.69, 9.17) is 4.74 Å². The lowest BCUT2D eigenvalue weighted by Gasteiger charge is -2.13. The highest BCUT2D eigenvalue weighted by atomic mass is 32.2. The standard InChI is InChI=1S/C21H20N4O2S/c1-15-6-2-5-9-20(15)25-21(22-23-24-25)28-14-18(26)13-27-19-11-10-16-7-3-4-8-17(16)12-19/h2-12,18,26H,13-14H2,1H3. The lowest BCUT2D eigenvalue weighted by atomic mass is 10.1. The van der Waals surface area contributed by atoms with Crippen LogP contribution in [0.2, 0.25) is 0 Å². The van der Waals surface area contributed by atoms with Crippen LogP contribution in [-0.4, -0.2) is 43.8 Å². The minimum atomic E-state index is -0.640. The fourth-order valence-electron chi connectivity index (χ4n) is 2.89. The lowest BCUT2D eigenvalue weighted by molar-refractivity contribution is 0.126. The fourth-order valence-corrected chi connectivity index (χ4v) is 3.68. The molecule has 142 valence electrons. The van der Waals surface area contributed by atoms with Crippen LogP contribution in [0.25, 0.3) is 16.5 Å². The minimum absolute atomic E-state index is 0.206. The number of ether oxygens (including phenoxy) is 1. The van der Waals surface area contributed by atoms with E-state index in [2.05, 4.69) is 21.6 Å². The van der Waals surface area contributed by atoms with Gasteiger partial charge in [0.25, 0.3) is 0 Å². The number of aliphatic hydroxyl groups is 1. The zero-order chi connectivity index (χ0) is 19.3. The van der Waals surface area contributed by atoms with Gasteiger partial charge in [0, 0.05) is 5.75 Å². The molecule has 1 atom stereocenters. The molecule has 28 heavy (non-hydrogen) atoms. The van der Waals surface area contributed by atoms with Gasteiger partial charge >= 0.3 is 0 Å². The third-order valence-electron chi connectivity index (χ3n) is 4.35. The summed E-state index contributed by atoms with van der Waals surface area (Å²) in [6.07, 6.45) is -0.640. The Morgan fingerprint density at radius 2 is 1.82 bits per heavy atom. The summed E-state index contributed by atoms with van der Waals surface area (Å²) in [5.41, 5.74) is 2.01. The largest absolute Gasteiger partial charge is 0.491 e. The van der Waals surface area contributed by atoms with Gasteiger partial charge in [0.2, 0.25) is 5.16 Å². The molecule has 0 aliphatic carbocycles. The lowest BCUT2D eigenvalue weighted by Crippen LogP contribution is -2.20. The molecule has 0 aliphatic rings. The van der Waals surface area contributed by atoms with Gasteiger partial charge < -0.3 is 9.84 Å². The highest BCUT2D eigenvalue weighted by Gasteiger charge is 2.14. The number of fused-ring (bicyclic) bond motifs is 1. The van der Waals surface area contributed by atoms with Crippen molar-refractivity contribution in [2.45, 2.75) is 18.2 Å². The van der Waals surface area contributed by atoms with Crippen LogP contribution < -0.4 is 4.74 Å². The molecule has 4 rings (SSSR count). The van der Waals surface area contributed by atoms with Gasteiger partial charge in [-0.15, -0.1) is 5.10 Å². The first-order valence-corrected chi connectivity index (χ1v) is 9.96. The molecule has 0 bridgehead atoms. The summed E-state index contributed by atoms with van der Waals surface area (Å²) in [5, 5.41) is 25.1. The summed E-state index contributed by atoms with van der Waals surface area (Å²) in [4.78, 5) is 0. The molecule has 0 spiro atoms. The van der Waals surface area contributed by atoms with Crippen LogP contribution in [0, 0.1) is 6.92 Å². The van der Waals surface area contributed by atoms with E-state index >= 15 is 0 Å². The maximum Gasteiger partial charge on any atom is 0.214 e. The molecule has 0 saturated heterocycles. The summed E-state index contributed by atoms with van der Waals surface area (Å²) in [6.45, 7) is 2.22. The van der Waals surface area contributed by atoms with Gasteiger partial charge in [-0.2, -0.15) is 4.68 Å². The van der Waals surface area contributed by atoms with Gasteiger partial charge in [0.15, 0.2) is 0 Å². The number of aryl methyl sites for hydroxylation is 1. The highest BCUT2D eigenvalue weighted by molar-refractivity contribution is 7.99. The van der Waals surface area contributed by atoms with Crippen molar-refractivity contribution in [3.63, 3.8) is 0 Å². The van der Waals surface area contributed by atoms with Crippen LogP contribution in [0.1, 0.15) is 5.56 Å². The number of benzene rings is 3. The Balaban J connectivity index is 1.35. The number of nitrogens with zero attached hydrogens (tertiary/aromatic N) is 4. The van der Waals surface area contributed by atoms with Crippen LogP contribution in [-0.2, 0) is 0 Å². The molecule has 7 heteroatoms. The Hall–Kier alpha value is -2.90. The van der Waals surface area contributed by atoms with Crippen LogP contribution in [0.4, 0.5) is 0 Å². The van der Waals surface area contributed by atoms with Crippen LogP contribution in [0.15, 0.2) is 71.9 Å². The molecule has 1 unspecified atom stereocenters. The quantitative estimate of drug-likeness (QED) is 0.484. The fraction of sp³-hybridized carbons (Fsp3) is 0.190. The number of para-hydroxylation sites is 1. The Labute approximate surface area is 167 Å².